The Morgan fingerprint density at radius 1 is 1.57 bits per heavy atom. The third-order valence-corrected chi connectivity index (χ3v) is 0.763. The van der Waals surface area contributed by atoms with Gasteiger partial charge in [-0.05, 0) is 12.8 Å². The third kappa shape index (κ3) is 3.50. The van der Waals surface area contributed by atoms with Crippen LogP contribution in [0.3, 0.4) is 0 Å². The summed E-state index contributed by atoms with van der Waals surface area (Å²) in [6.45, 7) is 3.73. The van der Waals surface area contributed by atoms with Crippen molar-refractivity contribution in [2.24, 2.45) is 0 Å². The van der Waals surface area contributed by atoms with Gasteiger partial charge in [-0.2, -0.15) is 0 Å². The van der Waals surface area contributed by atoms with E-state index < -0.39 is 0 Å². The maximum Gasteiger partial charge on any atom is 0.0957 e. The summed E-state index contributed by atoms with van der Waals surface area (Å²) in [5.41, 5.74) is 0. The molecule has 0 aliphatic carbocycles. The summed E-state index contributed by atoms with van der Waals surface area (Å²) in [6, 6.07) is 0. The second-order valence-corrected chi connectivity index (χ2v) is 1.41. The molecule has 0 fully saturated rings. The lowest BCUT2D eigenvalue weighted by atomic mass is 10.3. The topological polar surface area (TPSA) is 0 Å². The zero-order valence-corrected chi connectivity index (χ0v) is 4.87. The Bertz CT molecular complexity index is 64.6. The molecule has 0 saturated heterocycles. The second kappa shape index (κ2) is 3.85. The highest BCUT2D eigenvalue weighted by Gasteiger charge is 1.82. The van der Waals surface area contributed by atoms with Crippen LogP contribution in [0, 0.1) is 0 Å². The quantitative estimate of drug-likeness (QED) is 0.502. The average Bonchev–Trinajstić information content (AvgIpc) is 1.68. The smallest absolute Gasteiger partial charge is 0.0957 e. The maximum atomic E-state index is 12.0. The van der Waals surface area contributed by atoms with Crippen LogP contribution in [0.1, 0.15) is 26.7 Å². The first-order valence-corrected chi connectivity index (χ1v) is 2.65. The molecule has 0 saturated carbocycles. The minimum atomic E-state index is 0.00231. The van der Waals surface area contributed by atoms with E-state index in [4.69, 9.17) is 0 Å². The molecule has 42 valence electrons. The molecule has 0 bridgehead atoms. The number of hydrogen-bond acceptors (Lipinski definition) is 0. The van der Waals surface area contributed by atoms with Crippen LogP contribution in [-0.2, 0) is 0 Å². The molecule has 0 heterocycles. The Morgan fingerprint density at radius 2 is 2.14 bits per heavy atom. The zero-order valence-electron chi connectivity index (χ0n) is 4.87. The predicted octanol–water partition coefficient (Wildman–Crippen LogP) is 2.66. The first-order chi connectivity index (χ1) is 3.31. The second-order valence-electron chi connectivity index (χ2n) is 1.41. The minimum Gasteiger partial charge on any atom is -0.212 e. The van der Waals surface area contributed by atoms with Gasteiger partial charge in [0, 0.05) is 0 Å². The first kappa shape index (κ1) is 6.67. The van der Waals surface area contributed by atoms with Crippen molar-refractivity contribution < 1.29 is 4.39 Å². The molecule has 0 aromatic heterocycles. The summed E-state index contributed by atoms with van der Waals surface area (Å²) in [5.74, 6) is 0.00231. The fourth-order valence-electron chi connectivity index (χ4n) is 0.366. The summed E-state index contributed by atoms with van der Waals surface area (Å²) in [7, 11) is 0. The summed E-state index contributed by atoms with van der Waals surface area (Å²) in [6.07, 6.45) is 2.94. The number of rotatable bonds is 2. The lowest BCUT2D eigenvalue weighted by Gasteiger charge is -1.83. The SMILES string of the molecule is CC/C=C(/F)CC. The molecule has 0 aromatic carbocycles. The van der Waals surface area contributed by atoms with Crippen molar-refractivity contribution in [3.05, 3.63) is 11.9 Å². The summed E-state index contributed by atoms with van der Waals surface area (Å²) < 4.78 is 12.0. The van der Waals surface area contributed by atoms with E-state index in [1.165, 1.54) is 0 Å². The highest BCUT2D eigenvalue weighted by molar-refractivity contribution is 4.88. The van der Waals surface area contributed by atoms with Crippen LogP contribution >= 0.6 is 0 Å². The third-order valence-electron chi connectivity index (χ3n) is 0.763. The van der Waals surface area contributed by atoms with Gasteiger partial charge >= 0.3 is 0 Å². The zero-order chi connectivity index (χ0) is 5.70. The Kier molecular flexibility index (Phi) is 3.67. The van der Waals surface area contributed by atoms with E-state index in [-0.39, 0.29) is 5.83 Å². The van der Waals surface area contributed by atoms with Gasteiger partial charge in [0.1, 0.15) is 0 Å². The highest BCUT2D eigenvalue weighted by atomic mass is 19.1. The van der Waals surface area contributed by atoms with Crippen molar-refractivity contribution in [2.75, 3.05) is 0 Å². The van der Waals surface area contributed by atoms with Crippen LogP contribution in [-0.4, -0.2) is 0 Å². The lowest BCUT2D eigenvalue weighted by Crippen LogP contribution is -1.65. The average molecular weight is 102 g/mol. The van der Waals surface area contributed by atoms with Crippen LogP contribution in [0.5, 0.6) is 0 Å². The molecular weight excluding hydrogens is 91.1 g/mol. The lowest BCUT2D eigenvalue weighted by molar-refractivity contribution is 0.599. The van der Waals surface area contributed by atoms with Crippen molar-refractivity contribution in [1.29, 1.82) is 0 Å². The van der Waals surface area contributed by atoms with Gasteiger partial charge in [0.25, 0.3) is 0 Å². The highest BCUT2D eigenvalue weighted by Crippen LogP contribution is 2.01. The van der Waals surface area contributed by atoms with Gasteiger partial charge in [-0.15, -0.1) is 0 Å². The molecule has 7 heavy (non-hydrogen) atoms. The fourth-order valence-corrected chi connectivity index (χ4v) is 0.366. The number of hydrogen-bond donors (Lipinski definition) is 0. The summed E-state index contributed by atoms with van der Waals surface area (Å²) in [5, 5.41) is 0. The first-order valence-electron chi connectivity index (χ1n) is 2.65. The van der Waals surface area contributed by atoms with E-state index in [0.29, 0.717) is 6.42 Å². The molecular formula is C6H11F. The van der Waals surface area contributed by atoms with Crippen molar-refractivity contribution in [1.82, 2.24) is 0 Å². The number of halogens is 1. The largest absolute Gasteiger partial charge is 0.212 e. The molecule has 0 nitrogen and oxygen atoms in total. The van der Waals surface area contributed by atoms with Crippen LogP contribution in [0.25, 0.3) is 0 Å². The molecule has 0 radical (unpaired) electrons. The van der Waals surface area contributed by atoms with E-state index in [9.17, 15) is 4.39 Å². The predicted molar refractivity (Wildman–Crippen MR) is 29.8 cm³/mol. The maximum absolute atomic E-state index is 12.0. The van der Waals surface area contributed by atoms with Crippen molar-refractivity contribution in [3.8, 4) is 0 Å². The molecule has 0 atom stereocenters. The standard InChI is InChI=1S/C6H11F/c1-3-5-6(7)4-2/h5H,3-4H2,1-2H3/b6-5+. The minimum absolute atomic E-state index is 0.00231. The van der Waals surface area contributed by atoms with E-state index in [2.05, 4.69) is 0 Å². The number of allylic oxidation sites excluding steroid dienone is 2. The molecule has 0 unspecified atom stereocenters. The normalized spacial score (nSPS) is 12.1. The molecule has 0 aliphatic heterocycles. The van der Waals surface area contributed by atoms with Crippen LogP contribution in [0.4, 0.5) is 4.39 Å². The molecule has 1 heteroatoms. The van der Waals surface area contributed by atoms with Crippen LogP contribution < -0.4 is 0 Å². The van der Waals surface area contributed by atoms with E-state index >= 15 is 0 Å². The van der Waals surface area contributed by atoms with E-state index in [0.717, 1.165) is 6.42 Å². The Hall–Kier alpha value is -0.330. The van der Waals surface area contributed by atoms with Crippen molar-refractivity contribution in [3.63, 3.8) is 0 Å². The van der Waals surface area contributed by atoms with Crippen molar-refractivity contribution in [2.45, 2.75) is 26.7 Å². The van der Waals surface area contributed by atoms with Crippen LogP contribution in [0.15, 0.2) is 11.9 Å². The molecule has 0 N–H and O–H groups in total. The molecule has 0 aromatic rings. The van der Waals surface area contributed by atoms with Gasteiger partial charge in [-0.3, -0.25) is 0 Å². The fraction of sp³-hybridized carbons (Fsp3) is 0.667. The molecule has 0 aliphatic rings. The van der Waals surface area contributed by atoms with Gasteiger partial charge in [0.2, 0.25) is 0 Å². The molecule has 0 rings (SSSR count). The Labute approximate surface area is 44.0 Å². The van der Waals surface area contributed by atoms with E-state index in [1.54, 1.807) is 6.08 Å². The van der Waals surface area contributed by atoms with Gasteiger partial charge in [0.05, 0.1) is 5.83 Å². The van der Waals surface area contributed by atoms with Gasteiger partial charge < -0.3 is 0 Å². The van der Waals surface area contributed by atoms with Gasteiger partial charge in [-0.1, -0.05) is 19.9 Å². The van der Waals surface area contributed by atoms with Gasteiger partial charge in [0.15, 0.2) is 0 Å². The summed E-state index contributed by atoms with van der Waals surface area (Å²) in [4.78, 5) is 0. The Balaban J connectivity index is 3.29. The molecule has 0 spiro atoms. The van der Waals surface area contributed by atoms with Crippen molar-refractivity contribution >= 4 is 0 Å². The van der Waals surface area contributed by atoms with E-state index in [1.807, 2.05) is 13.8 Å². The Morgan fingerprint density at radius 3 is 2.29 bits per heavy atom. The van der Waals surface area contributed by atoms with Crippen LogP contribution in [0.2, 0.25) is 0 Å². The summed E-state index contributed by atoms with van der Waals surface area (Å²) >= 11 is 0. The monoisotopic (exact) mass is 102 g/mol. The van der Waals surface area contributed by atoms with Gasteiger partial charge in [-0.25, -0.2) is 4.39 Å². The molecule has 0 amide bonds.